The van der Waals surface area contributed by atoms with E-state index in [0.29, 0.717) is 30.8 Å². The summed E-state index contributed by atoms with van der Waals surface area (Å²) in [6, 6.07) is 14.7. The molecule has 0 aliphatic heterocycles. The number of carbonyl (C=O) groups excluding carboxylic acids is 1. The number of phenolic OH excluding ortho intramolecular Hbond substituents is 1. The molecule has 0 spiro atoms. The first-order valence-electron chi connectivity index (χ1n) is 7.72. The van der Waals surface area contributed by atoms with E-state index >= 15 is 0 Å². The first-order chi connectivity index (χ1) is 11.1. The summed E-state index contributed by atoms with van der Waals surface area (Å²) in [4.78, 5) is 12.2. The summed E-state index contributed by atoms with van der Waals surface area (Å²) in [6.45, 7) is 4.44. The van der Waals surface area contributed by atoms with Crippen LogP contribution in [0.2, 0.25) is 0 Å². The molecule has 2 aromatic carbocycles. The van der Waals surface area contributed by atoms with Gasteiger partial charge in [-0.05, 0) is 44.0 Å². The van der Waals surface area contributed by atoms with E-state index in [1.807, 2.05) is 50.3 Å². The van der Waals surface area contributed by atoms with E-state index in [4.69, 9.17) is 4.74 Å². The van der Waals surface area contributed by atoms with Gasteiger partial charge in [0.25, 0.3) is 0 Å². The Balaban J connectivity index is 1.96. The van der Waals surface area contributed by atoms with Gasteiger partial charge in [0.1, 0.15) is 18.1 Å². The molecular weight excluding hydrogens is 288 g/mol. The smallest absolute Gasteiger partial charge is 0.166 e. The molecule has 3 heteroatoms. The summed E-state index contributed by atoms with van der Waals surface area (Å²) in [5.41, 5.74) is 2.62. The van der Waals surface area contributed by atoms with Crippen LogP contribution in [-0.4, -0.2) is 17.5 Å². The maximum atomic E-state index is 12.2. The zero-order valence-electron chi connectivity index (χ0n) is 13.6. The van der Waals surface area contributed by atoms with Crippen LogP contribution >= 0.6 is 0 Å². The molecule has 3 nitrogen and oxygen atoms in total. The molecule has 0 bridgehead atoms. The molecule has 0 heterocycles. The molecule has 0 atom stereocenters. The number of ether oxygens (including phenoxy) is 1. The number of ketones is 1. The van der Waals surface area contributed by atoms with Crippen LogP contribution < -0.4 is 4.74 Å². The van der Waals surface area contributed by atoms with Gasteiger partial charge in [0.15, 0.2) is 5.78 Å². The van der Waals surface area contributed by atoms with Gasteiger partial charge in [0, 0.05) is 12.5 Å². The van der Waals surface area contributed by atoms with Crippen LogP contribution in [0.3, 0.4) is 0 Å². The predicted octanol–water partition coefficient (Wildman–Crippen LogP) is 4.55. The van der Waals surface area contributed by atoms with Crippen LogP contribution in [0.25, 0.3) is 0 Å². The van der Waals surface area contributed by atoms with Gasteiger partial charge in [-0.15, -0.1) is 0 Å². The van der Waals surface area contributed by atoms with E-state index in [1.165, 1.54) is 11.6 Å². The lowest BCUT2D eigenvalue weighted by atomic mass is 10.0. The van der Waals surface area contributed by atoms with Crippen molar-refractivity contribution in [2.75, 3.05) is 6.61 Å². The third-order valence-corrected chi connectivity index (χ3v) is 3.49. The van der Waals surface area contributed by atoms with Crippen molar-refractivity contribution in [3.63, 3.8) is 0 Å². The molecule has 0 saturated carbocycles. The molecule has 120 valence electrons. The number of hydrogen-bond acceptors (Lipinski definition) is 3. The van der Waals surface area contributed by atoms with Gasteiger partial charge >= 0.3 is 0 Å². The number of aromatic hydroxyl groups is 1. The quantitative estimate of drug-likeness (QED) is 0.602. The Kier molecular flexibility index (Phi) is 5.98. The summed E-state index contributed by atoms with van der Waals surface area (Å²) >= 11 is 0. The number of rotatable bonds is 7. The van der Waals surface area contributed by atoms with Crippen molar-refractivity contribution in [2.45, 2.75) is 26.7 Å². The fourth-order valence-electron chi connectivity index (χ4n) is 2.18. The third kappa shape index (κ3) is 5.29. The minimum absolute atomic E-state index is 0.0299. The number of Topliss-reactive ketones (excluding diaryl/α,β-unsaturated/α-hetero) is 1. The summed E-state index contributed by atoms with van der Waals surface area (Å²) in [5.74, 6) is 0.458. The number of carbonyl (C=O) groups is 1. The molecule has 0 aromatic heterocycles. The SMILES string of the molecule is CC(C)=CCOc1ccc(C(=O)CCc2ccccc2)c(O)c1. The van der Waals surface area contributed by atoms with Crippen molar-refractivity contribution < 1.29 is 14.6 Å². The number of benzene rings is 2. The van der Waals surface area contributed by atoms with E-state index in [0.717, 1.165) is 5.56 Å². The molecule has 2 rings (SSSR count). The summed E-state index contributed by atoms with van der Waals surface area (Å²) in [7, 11) is 0. The lowest BCUT2D eigenvalue weighted by molar-refractivity contribution is 0.0980. The fraction of sp³-hybridized carbons (Fsp3) is 0.250. The molecule has 23 heavy (non-hydrogen) atoms. The molecule has 0 saturated heterocycles. The Morgan fingerprint density at radius 3 is 2.52 bits per heavy atom. The van der Waals surface area contributed by atoms with Crippen LogP contribution in [0.1, 0.15) is 36.2 Å². The first kappa shape index (κ1) is 16.8. The highest BCUT2D eigenvalue weighted by Crippen LogP contribution is 2.25. The third-order valence-electron chi connectivity index (χ3n) is 3.49. The minimum Gasteiger partial charge on any atom is -0.507 e. The van der Waals surface area contributed by atoms with Crippen molar-refractivity contribution in [3.05, 3.63) is 71.3 Å². The molecule has 0 fully saturated rings. The number of hydrogen-bond donors (Lipinski definition) is 1. The Hall–Kier alpha value is -2.55. The van der Waals surface area contributed by atoms with Crippen LogP contribution in [0.4, 0.5) is 0 Å². The maximum absolute atomic E-state index is 12.2. The van der Waals surface area contributed by atoms with Gasteiger partial charge in [-0.3, -0.25) is 4.79 Å². The molecule has 0 aliphatic carbocycles. The minimum atomic E-state index is -0.0674. The monoisotopic (exact) mass is 310 g/mol. The summed E-state index contributed by atoms with van der Waals surface area (Å²) in [6.07, 6.45) is 2.99. The lowest BCUT2D eigenvalue weighted by Crippen LogP contribution is -2.02. The van der Waals surface area contributed by atoms with Crippen molar-refractivity contribution in [1.29, 1.82) is 0 Å². The lowest BCUT2D eigenvalue weighted by Gasteiger charge is -2.08. The zero-order valence-corrected chi connectivity index (χ0v) is 13.6. The molecule has 0 unspecified atom stereocenters. The molecule has 0 amide bonds. The van der Waals surface area contributed by atoms with Gasteiger partial charge in [0.05, 0.1) is 5.56 Å². The van der Waals surface area contributed by atoms with Crippen molar-refractivity contribution in [1.82, 2.24) is 0 Å². The number of aryl methyl sites for hydroxylation is 1. The average Bonchev–Trinajstić information content (AvgIpc) is 2.53. The van der Waals surface area contributed by atoms with Gasteiger partial charge in [-0.2, -0.15) is 0 Å². The second kappa shape index (κ2) is 8.18. The fourth-order valence-corrected chi connectivity index (χ4v) is 2.18. The Labute approximate surface area is 137 Å². The standard InChI is InChI=1S/C20H22O3/c1-15(2)12-13-23-17-9-10-18(20(22)14-17)19(21)11-8-16-6-4-3-5-7-16/h3-7,9-10,12,14,22H,8,11,13H2,1-2H3. The predicted molar refractivity (Wildman–Crippen MR) is 92.1 cm³/mol. The van der Waals surface area contributed by atoms with Gasteiger partial charge in [0.2, 0.25) is 0 Å². The molecule has 0 aliphatic rings. The highest BCUT2D eigenvalue weighted by atomic mass is 16.5. The van der Waals surface area contributed by atoms with Crippen molar-refractivity contribution >= 4 is 5.78 Å². The first-order valence-corrected chi connectivity index (χ1v) is 7.72. The van der Waals surface area contributed by atoms with E-state index in [-0.39, 0.29) is 11.5 Å². The van der Waals surface area contributed by atoms with E-state index in [2.05, 4.69) is 0 Å². The summed E-state index contributed by atoms with van der Waals surface area (Å²) in [5, 5.41) is 10.1. The van der Waals surface area contributed by atoms with E-state index in [1.54, 1.807) is 12.1 Å². The molecule has 1 N–H and O–H groups in total. The van der Waals surface area contributed by atoms with Crippen LogP contribution in [0.15, 0.2) is 60.2 Å². The van der Waals surface area contributed by atoms with Crippen LogP contribution in [0, 0.1) is 0 Å². The molecule has 0 radical (unpaired) electrons. The topological polar surface area (TPSA) is 46.5 Å². The second-order valence-electron chi connectivity index (χ2n) is 5.68. The van der Waals surface area contributed by atoms with Gasteiger partial charge in [-0.1, -0.05) is 35.9 Å². The number of allylic oxidation sites excluding steroid dienone is 1. The normalized spacial score (nSPS) is 10.2. The van der Waals surface area contributed by atoms with E-state index < -0.39 is 0 Å². The van der Waals surface area contributed by atoms with Gasteiger partial charge < -0.3 is 9.84 Å². The Morgan fingerprint density at radius 1 is 1.13 bits per heavy atom. The maximum Gasteiger partial charge on any atom is 0.166 e. The molecule has 2 aromatic rings. The second-order valence-corrected chi connectivity index (χ2v) is 5.68. The van der Waals surface area contributed by atoms with Crippen molar-refractivity contribution in [2.24, 2.45) is 0 Å². The van der Waals surface area contributed by atoms with Crippen LogP contribution in [0.5, 0.6) is 11.5 Å². The zero-order chi connectivity index (χ0) is 16.7. The van der Waals surface area contributed by atoms with Crippen molar-refractivity contribution in [3.8, 4) is 11.5 Å². The van der Waals surface area contributed by atoms with Gasteiger partial charge in [-0.25, -0.2) is 0 Å². The molecular formula is C20H22O3. The highest BCUT2D eigenvalue weighted by Gasteiger charge is 2.12. The van der Waals surface area contributed by atoms with Crippen LogP contribution in [-0.2, 0) is 6.42 Å². The number of phenols is 1. The largest absolute Gasteiger partial charge is 0.507 e. The average molecular weight is 310 g/mol. The Morgan fingerprint density at radius 2 is 1.87 bits per heavy atom. The van der Waals surface area contributed by atoms with E-state index in [9.17, 15) is 9.90 Å². The highest BCUT2D eigenvalue weighted by molar-refractivity contribution is 5.98. The Bertz CT molecular complexity index is 683. The summed E-state index contributed by atoms with van der Waals surface area (Å²) < 4.78 is 5.51.